The third-order valence-electron chi connectivity index (χ3n) is 1.90. The minimum atomic E-state index is -4.66. The first-order valence-corrected chi connectivity index (χ1v) is 5.46. The van der Waals surface area contributed by atoms with Crippen LogP contribution in [0.5, 0.6) is 5.75 Å². The van der Waals surface area contributed by atoms with Crippen molar-refractivity contribution in [1.29, 1.82) is 0 Å². The molecule has 0 aliphatic heterocycles. The van der Waals surface area contributed by atoms with E-state index >= 15 is 0 Å². The Balaban J connectivity index is 2.89. The molecule has 0 unspecified atom stereocenters. The van der Waals surface area contributed by atoms with Gasteiger partial charge in [0.15, 0.2) is 0 Å². The molecule has 0 atom stereocenters. The highest BCUT2D eigenvalue weighted by Crippen LogP contribution is 2.29. The second kappa shape index (κ2) is 5.54. The van der Waals surface area contributed by atoms with E-state index in [-0.39, 0.29) is 5.75 Å². The van der Waals surface area contributed by atoms with Crippen LogP contribution in [0.4, 0.5) is 13.2 Å². The van der Waals surface area contributed by atoms with E-state index in [1.165, 1.54) is 12.1 Å². The van der Waals surface area contributed by atoms with E-state index in [1.807, 2.05) is 0 Å². The summed E-state index contributed by atoms with van der Waals surface area (Å²) in [4.78, 5) is 0. The molecule has 16 heavy (non-hydrogen) atoms. The van der Waals surface area contributed by atoms with Crippen molar-refractivity contribution < 1.29 is 17.9 Å². The van der Waals surface area contributed by atoms with Gasteiger partial charge in [0.1, 0.15) is 5.75 Å². The molecule has 0 bridgehead atoms. The van der Waals surface area contributed by atoms with Crippen molar-refractivity contribution in [3.63, 3.8) is 0 Å². The highest BCUT2D eigenvalue weighted by atomic mass is 79.9. The van der Waals surface area contributed by atoms with Crippen molar-refractivity contribution in [1.82, 2.24) is 0 Å². The summed E-state index contributed by atoms with van der Waals surface area (Å²) >= 11 is 3.20. The first kappa shape index (κ1) is 13.3. The lowest BCUT2D eigenvalue weighted by atomic mass is 10.1. The predicted octanol–water partition coefficient (Wildman–Crippen LogP) is 3.24. The van der Waals surface area contributed by atoms with Gasteiger partial charge in [-0.05, 0) is 43.1 Å². The maximum absolute atomic E-state index is 12.1. The number of halogens is 4. The van der Waals surface area contributed by atoms with E-state index in [0.717, 1.165) is 0 Å². The molecule has 2 nitrogen and oxygen atoms in total. The third kappa shape index (κ3) is 4.40. The Bertz CT molecular complexity index is 354. The molecule has 1 rings (SSSR count). The topological polar surface area (TPSA) is 35.2 Å². The lowest BCUT2D eigenvalue weighted by Crippen LogP contribution is -2.18. The van der Waals surface area contributed by atoms with Crippen molar-refractivity contribution in [3.05, 3.63) is 28.2 Å². The third-order valence-corrected chi connectivity index (χ3v) is 2.39. The summed E-state index contributed by atoms with van der Waals surface area (Å²) in [5, 5.41) is 0. The van der Waals surface area contributed by atoms with E-state index in [9.17, 15) is 13.2 Å². The van der Waals surface area contributed by atoms with Crippen LogP contribution in [0.15, 0.2) is 22.7 Å². The monoisotopic (exact) mass is 297 g/mol. The van der Waals surface area contributed by atoms with Gasteiger partial charge in [-0.15, -0.1) is 13.2 Å². The fourth-order valence-electron chi connectivity index (χ4n) is 1.26. The van der Waals surface area contributed by atoms with E-state index in [4.69, 9.17) is 5.73 Å². The maximum Gasteiger partial charge on any atom is 0.573 e. The molecule has 0 spiro atoms. The van der Waals surface area contributed by atoms with E-state index in [1.54, 1.807) is 6.07 Å². The lowest BCUT2D eigenvalue weighted by Gasteiger charge is -2.13. The summed E-state index contributed by atoms with van der Waals surface area (Å²) in [6.07, 6.45) is -3.59. The predicted molar refractivity (Wildman–Crippen MR) is 58.2 cm³/mol. The average molecular weight is 298 g/mol. The van der Waals surface area contributed by atoms with Crippen LogP contribution >= 0.6 is 15.9 Å². The number of ether oxygens (including phenoxy) is 1. The largest absolute Gasteiger partial charge is 0.573 e. The highest BCUT2D eigenvalue weighted by Gasteiger charge is 2.31. The summed E-state index contributed by atoms with van der Waals surface area (Å²) in [7, 11) is 0. The van der Waals surface area contributed by atoms with E-state index in [0.29, 0.717) is 29.4 Å². The van der Waals surface area contributed by atoms with Crippen LogP contribution in [0, 0.1) is 0 Å². The normalized spacial score (nSPS) is 11.6. The molecule has 90 valence electrons. The summed E-state index contributed by atoms with van der Waals surface area (Å²) in [5.41, 5.74) is 5.81. The van der Waals surface area contributed by atoms with Gasteiger partial charge in [-0.3, -0.25) is 0 Å². The van der Waals surface area contributed by atoms with Gasteiger partial charge in [0.05, 0.1) is 0 Å². The van der Waals surface area contributed by atoms with E-state index in [2.05, 4.69) is 20.7 Å². The van der Waals surface area contributed by atoms with Gasteiger partial charge < -0.3 is 10.5 Å². The summed E-state index contributed by atoms with van der Waals surface area (Å²) in [6, 6.07) is 4.41. The van der Waals surface area contributed by atoms with Crippen LogP contribution in [0.2, 0.25) is 0 Å². The Hall–Kier alpha value is -0.750. The Kier molecular flexibility index (Phi) is 4.61. The number of alkyl halides is 3. The van der Waals surface area contributed by atoms with Gasteiger partial charge in [0, 0.05) is 4.47 Å². The molecule has 2 N–H and O–H groups in total. The number of hydrogen-bond donors (Lipinski definition) is 1. The van der Waals surface area contributed by atoms with Crippen LogP contribution in [0.3, 0.4) is 0 Å². The Labute approximate surface area is 99.7 Å². The number of rotatable bonds is 4. The van der Waals surface area contributed by atoms with Crippen LogP contribution in [-0.4, -0.2) is 12.9 Å². The molecule has 0 radical (unpaired) electrons. The SMILES string of the molecule is NCCCc1cc(Br)ccc1OC(F)(F)F. The number of nitrogens with two attached hydrogens (primary N) is 1. The zero-order valence-corrected chi connectivity index (χ0v) is 9.94. The standard InChI is InChI=1S/C10H11BrF3NO/c11-8-3-4-9(16-10(12,13)14)7(6-8)2-1-5-15/h3-4,6H,1-2,5,15H2. The molecule has 0 amide bonds. The van der Waals surface area contributed by atoms with Gasteiger partial charge in [-0.25, -0.2) is 0 Å². The van der Waals surface area contributed by atoms with Gasteiger partial charge >= 0.3 is 6.36 Å². The molecular formula is C10H11BrF3NO. The van der Waals surface area contributed by atoms with Crippen molar-refractivity contribution in [2.24, 2.45) is 5.73 Å². The minimum absolute atomic E-state index is 0.163. The smallest absolute Gasteiger partial charge is 0.406 e. The van der Waals surface area contributed by atoms with Gasteiger partial charge in [0.25, 0.3) is 0 Å². The van der Waals surface area contributed by atoms with Gasteiger partial charge in [0.2, 0.25) is 0 Å². The number of aryl methyl sites for hydroxylation is 1. The summed E-state index contributed by atoms with van der Waals surface area (Å²) in [5.74, 6) is -0.163. The average Bonchev–Trinajstić information content (AvgIpc) is 2.16. The molecule has 0 aliphatic rings. The van der Waals surface area contributed by atoms with Crippen molar-refractivity contribution in [2.45, 2.75) is 19.2 Å². The van der Waals surface area contributed by atoms with E-state index < -0.39 is 6.36 Å². The molecule has 0 aromatic heterocycles. The molecule has 0 heterocycles. The van der Waals surface area contributed by atoms with Crippen molar-refractivity contribution in [2.75, 3.05) is 6.54 Å². The lowest BCUT2D eigenvalue weighted by molar-refractivity contribution is -0.274. The number of hydrogen-bond acceptors (Lipinski definition) is 2. The second-order valence-electron chi connectivity index (χ2n) is 3.19. The zero-order valence-electron chi connectivity index (χ0n) is 8.35. The summed E-state index contributed by atoms with van der Waals surface area (Å²) in [6.45, 7) is 0.429. The van der Waals surface area contributed by atoms with Crippen LogP contribution in [0.1, 0.15) is 12.0 Å². The minimum Gasteiger partial charge on any atom is -0.406 e. The fraction of sp³-hybridized carbons (Fsp3) is 0.400. The molecule has 0 fully saturated rings. The van der Waals surface area contributed by atoms with Gasteiger partial charge in [-0.2, -0.15) is 0 Å². The molecule has 1 aromatic carbocycles. The van der Waals surface area contributed by atoms with Crippen LogP contribution < -0.4 is 10.5 Å². The van der Waals surface area contributed by atoms with Gasteiger partial charge in [-0.1, -0.05) is 15.9 Å². The first-order chi connectivity index (χ1) is 7.42. The maximum atomic E-state index is 12.1. The fourth-order valence-corrected chi connectivity index (χ4v) is 1.67. The number of benzene rings is 1. The Morgan fingerprint density at radius 1 is 1.31 bits per heavy atom. The summed E-state index contributed by atoms with van der Waals surface area (Å²) < 4.78 is 40.9. The van der Waals surface area contributed by atoms with Crippen molar-refractivity contribution in [3.8, 4) is 5.75 Å². The van der Waals surface area contributed by atoms with Crippen LogP contribution in [0.25, 0.3) is 0 Å². The molecule has 6 heteroatoms. The quantitative estimate of drug-likeness (QED) is 0.926. The zero-order chi connectivity index (χ0) is 12.2. The Morgan fingerprint density at radius 3 is 2.56 bits per heavy atom. The second-order valence-corrected chi connectivity index (χ2v) is 4.11. The molecule has 0 saturated carbocycles. The van der Waals surface area contributed by atoms with Crippen LogP contribution in [-0.2, 0) is 6.42 Å². The Morgan fingerprint density at radius 2 is 2.00 bits per heavy atom. The first-order valence-electron chi connectivity index (χ1n) is 4.66. The molecule has 1 aromatic rings. The molecular weight excluding hydrogens is 287 g/mol. The molecule has 0 aliphatic carbocycles. The van der Waals surface area contributed by atoms with Crippen molar-refractivity contribution >= 4 is 15.9 Å². The molecule has 0 saturated heterocycles. The highest BCUT2D eigenvalue weighted by molar-refractivity contribution is 9.10.